The van der Waals surface area contributed by atoms with Crippen LogP contribution in [0.15, 0.2) is 49.2 Å². The number of carbonyl (C=O) groups excluding carboxylic acids is 1. The minimum atomic E-state index is -0.110. The minimum Gasteiger partial charge on any atom is -0.324 e. The lowest BCUT2D eigenvalue weighted by molar-refractivity contribution is -0.118. The maximum absolute atomic E-state index is 12.3. The molecular formula is C17H18N2O. The third kappa shape index (κ3) is 2.72. The summed E-state index contributed by atoms with van der Waals surface area (Å²) >= 11 is 0. The van der Waals surface area contributed by atoms with Gasteiger partial charge in [0.15, 0.2) is 0 Å². The van der Waals surface area contributed by atoms with E-state index in [1.165, 1.54) is 12.8 Å². The Bertz CT molecular complexity index is 641. The largest absolute Gasteiger partial charge is 0.324 e. The van der Waals surface area contributed by atoms with E-state index in [-0.39, 0.29) is 11.8 Å². The van der Waals surface area contributed by atoms with Gasteiger partial charge >= 0.3 is 0 Å². The van der Waals surface area contributed by atoms with Crippen molar-refractivity contribution in [2.45, 2.75) is 19.3 Å². The number of nitrogens with zero attached hydrogens (tertiary/aromatic N) is 1. The number of fused-ring (bicyclic) bond motifs is 1. The third-order valence-corrected chi connectivity index (χ3v) is 3.80. The molecule has 1 aliphatic carbocycles. The molecule has 1 unspecified atom stereocenters. The van der Waals surface area contributed by atoms with Crippen LogP contribution in [0.3, 0.4) is 0 Å². The first kappa shape index (κ1) is 12.9. The van der Waals surface area contributed by atoms with Crippen LogP contribution in [0.4, 0.5) is 5.69 Å². The second-order valence-corrected chi connectivity index (χ2v) is 5.39. The lowest BCUT2D eigenvalue weighted by Crippen LogP contribution is -2.21. The van der Waals surface area contributed by atoms with E-state index in [2.05, 4.69) is 16.9 Å². The number of para-hydroxylation sites is 1. The fourth-order valence-electron chi connectivity index (χ4n) is 2.45. The Morgan fingerprint density at radius 2 is 2.20 bits per heavy atom. The monoisotopic (exact) mass is 266 g/mol. The summed E-state index contributed by atoms with van der Waals surface area (Å²) in [6.07, 6.45) is 6.90. The van der Waals surface area contributed by atoms with Crippen molar-refractivity contribution in [3.05, 3.63) is 49.2 Å². The van der Waals surface area contributed by atoms with Gasteiger partial charge in [-0.05, 0) is 24.5 Å². The highest BCUT2D eigenvalue weighted by Crippen LogP contribution is 2.36. The third-order valence-electron chi connectivity index (χ3n) is 3.80. The zero-order valence-corrected chi connectivity index (χ0v) is 11.4. The molecule has 102 valence electrons. The average molecular weight is 266 g/mol. The molecule has 1 N–H and O–H groups in total. The number of anilines is 1. The van der Waals surface area contributed by atoms with E-state index in [0.29, 0.717) is 5.92 Å². The molecule has 1 aliphatic rings. The fourth-order valence-corrected chi connectivity index (χ4v) is 2.45. The van der Waals surface area contributed by atoms with E-state index in [1.807, 2.05) is 30.3 Å². The highest BCUT2D eigenvalue weighted by molar-refractivity contribution is 6.01. The number of hydrogen-bond donors (Lipinski definition) is 1. The Balaban J connectivity index is 1.81. The Morgan fingerprint density at radius 3 is 2.95 bits per heavy atom. The molecule has 0 aliphatic heterocycles. The van der Waals surface area contributed by atoms with Gasteiger partial charge in [0.1, 0.15) is 0 Å². The molecule has 1 aromatic carbocycles. The molecule has 3 rings (SSSR count). The number of carbonyl (C=O) groups is 1. The number of hydrogen-bond acceptors (Lipinski definition) is 2. The van der Waals surface area contributed by atoms with Crippen molar-refractivity contribution in [3.8, 4) is 0 Å². The lowest BCUT2D eigenvalue weighted by atomic mass is 10.0. The highest BCUT2D eigenvalue weighted by Gasteiger charge is 2.27. The van der Waals surface area contributed by atoms with E-state index >= 15 is 0 Å². The Morgan fingerprint density at radius 1 is 1.40 bits per heavy atom. The summed E-state index contributed by atoms with van der Waals surface area (Å²) < 4.78 is 0. The summed E-state index contributed by atoms with van der Waals surface area (Å²) in [6, 6.07) is 9.71. The van der Waals surface area contributed by atoms with Crippen LogP contribution in [0.5, 0.6) is 0 Å². The van der Waals surface area contributed by atoms with Crippen LogP contribution in [0, 0.1) is 11.8 Å². The number of aromatic nitrogens is 1. The molecule has 1 saturated carbocycles. The van der Waals surface area contributed by atoms with E-state index in [0.717, 1.165) is 23.0 Å². The zero-order valence-electron chi connectivity index (χ0n) is 11.4. The average Bonchev–Trinajstić information content (AvgIpc) is 3.29. The van der Waals surface area contributed by atoms with Crippen molar-refractivity contribution in [3.63, 3.8) is 0 Å². The number of amides is 1. The van der Waals surface area contributed by atoms with Gasteiger partial charge in [-0.15, -0.1) is 6.58 Å². The SMILES string of the molecule is C=CC(CC1CC1)C(=O)Nc1cccc2cccnc12. The number of benzene rings is 1. The van der Waals surface area contributed by atoms with Crippen LogP contribution < -0.4 is 5.32 Å². The second-order valence-electron chi connectivity index (χ2n) is 5.39. The van der Waals surface area contributed by atoms with Crippen molar-refractivity contribution in [2.24, 2.45) is 11.8 Å². The molecular weight excluding hydrogens is 248 g/mol. The first-order valence-corrected chi connectivity index (χ1v) is 7.05. The molecule has 1 amide bonds. The molecule has 0 bridgehead atoms. The Labute approximate surface area is 118 Å². The van der Waals surface area contributed by atoms with Crippen LogP contribution in [0.25, 0.3) is 10.9 Å². The lowest BCUT2D eigenvalue weighted by Gasteiger charge is -2.13. The van der Waals surface area contributed by atoms with Gasteiger partial charge in [0, 0.05) is 11.6 Å². The molecule has 2 aromatic rings. The van der Waals surface area contributed by atoms with Crippen molar-refractivity contribution < 1.29 is 4.79 Å². The van der Waals surface area contributed by atoms with Crippen LogP contribution >= 0.6 is 0 Å². The highest BCUT2D eigenvalue weighted by atomic mass is 16.1. The maximum atomic E-state index is 12.3. The van der Waals surface area contributed by atoms with Crippen molar-refractivity contribution >= 4 is 22.5 Å². The molecule has 20 heavy (non-hydrogen) atoms. The molecule has 1 heterocycles. The van der Waals surface area contributed by atoms with Crippen molar-refractivity contribution in [1.29, 1.82) is 0 Å². The van der Waals surface area contributed by atoms with Crippen LogP contribution in [-0.4, -0.2) is 10.9 Å². The van der Waals surface area contributed by atoms with Gasteiger partial charge in [-0.3, -0.25) is 9.78 Å². The van der Waals surface area contributed by atoms with E-state index in [4.69, 9.17) is 0 Å². The molecule has 1 aromatic heterocycles. The van der Waals surface area contributed by atoms with Crippen molar-refractivity contribution in [1.82, 2.24) is 4.98 Å². The second kappa shape index (κ2) is 5.45. The molecule has 3 heteroatoms. The topological polar surface area (TPSA) is 42.0 Å². The smallest absolute Gasteiger partial charge is 0.231 e. The first-order chi connectivity index (χ1) is 9.78. The van der Waals surface area contributed by atoms with Gasteiger partial charge in [-0.1, -0.05) is 37.1 Å². The summed E-state index contributed by atoms with van der Waals surface area (Å²) in [7, 11) is 0. The molecule has 1 atom stereocenters. The quantitative estimate of drug-likeness (QED) is 0.837. The van der Waals surface area contributed by atoms with E-state index in [9.17, 15) is 4.79 Å². The molecule has 0 saturated heterocycles. The maximum Gasteiger partial charge on any atom is 0.231 e. The van der Waals surface area contributed by atoms with Gasteiger partial charge in [0.25, 0.3) is 0 Å². The predicted octanol–water partition coefficient (Wildman–Crippen LogP) is 3.78. The van der Waals surface area contributed by atoms with E-state index < -0.39 is 0 Å². The summed E-state index contributed by atoms with van der Waals surface area (Å²) in [5.74, 6) is 0.612. The predicted molar refractivity (Wildman–Crippen MR) is 81.4 cm³/mol. The van der Waals surface area contributed by atoms with E-state index in [1.54, 1.807) is 12.3 Å². The molecule has 1 fully saturated rings. The first-order valence-electron chi connectivity index (χ1n) is 7.05. The van der Waals surface area contributed by atoms with Crippen molar-refractivity contribution in [2.75, 3.05) is 5.32 Å². The van der Waals surface area contributed by atoms with Gasteiger partial charge in [0.2, 0.25) is 5.91 Å². The summed E-state index contributed by atoms with van der Waals surface area (Å²) in [5, 5.41) is 4.03. The summed E-state index contributed by atoms with van der Waals surface area (Å²) in [4.78, 5) is 16.7. The summed E-state index contributed by atoms with van der Waals surface area (Å²) in [6.45, 7) is 3.79. The van der Waals surface area contributed by atoms with Gasteiger partial charge in [-0.25, -0.2) is 0 Å². The van der Waals surface area contributed by atoms with Gasteiger partial charge in [0.05, 0.1) is 17.1 Å². The normalized spacial score (nSPS) is 15.8. The molecule has 0 spiro atoms. The minimum absolute atomic E-state index is 0.0186. The Hall–Kier alpha value is -2.16. The van der Waals surface area contributed by atoms with Crippen LogP contribution in [0.1, 0.15) is 19.3 Å². The van der Waals surface area contributed by atoms with Gasteiger partial charge in [-0.2, -0.15) is 0 Å². The number of nitrogens with one attached hydrogen (secondary N) is 1. The van der Waals surface area contributed by atoms with Crippen LogP contribution in [0.2, 0.25) is 0 Å². The summed E-state index contributed by atoms with van der Waals surface area (Å²) in [5.41, 5.74) is 1.60. The Kier molecular flexibility index (Phi) is 3.50. The zero-order chi connectivity index (χ0) is 13.9. The molecule has 3 nitrogen and oxygen atoms in total. The number of pyridine rings is 1. The molecule has 0 radical (unpaired) electrons. The fraction of sp³-hybridized carbons (Fsp3) is 0.294. The van der Waals surface area contributed by atoms with Gasteiger partial charge < -0.3 is 5.32 Å². The standard InChI is InChI=1S/C17H18N2O/c1-2-13(11-12-8-9-12)17(20)19-15-7-3-5-14-6-4-10-18-16(14)15/h2-7,10,12-13H,1,8-9,11H2,(H,19,20). The van der Waals surface area contributed by atoms with Crippen LogP contribution in [-0.2, 0) is 4.79 Å². The number of rotatable bonds is 5.